The highest BCUT2D eigenvalue weighted by Gasteiger charge is 2.28. The molecule has 1 aromatic heterocycles. The number of pyridine rings is 1. The second kappa shape index (κ2) is 8.39. The van der Waals surface area contributed by atoms with Gasteiger partial charge < -0.3 is 9.80 Å². The molecule has 0 unspecified atom stereocenters. The van der Waals surface area contributed by atoms with E-state index in [-0.39, 0.29) is 11.8 Å². The number of nitrogens with zero attached hydrogens (tertiary/aromatic N) is 3. The van der Waals surface area contributed by atoms with Crippen molar-refractivity contribution in [2.24, 2.45) is 5.92 Å². The highest BCUT2D eigenvalue weighted by atomic mass is 32.2. The summed E-state index contributed by atoms with van der Waals surface area (Å²) in [5.74, 6) is 1.25. The molecule has 0 aliphatic carbocycles. The molecule has 1 saturated heterocycles. The number of benzene rings is 1. The Kier molecular flexibility index (Phi) is 5.97. The third-order valence-electron chi connectivity index (χ3n) is 4.67. The first-order valence-electron chi connectivity index (χ1n) is 8.71. The monoisotopic (exact) mass is 355 g/mol. The van der Waals surface area contributed by atoms with Crippen LogP contribution in [0.2, 0.25) is 0 Å². The van der Waals surface area contributed by atoms with Crippen molar-refractivity contribution in [3.63, 3.8) is 0 Å². The molecule has 1 fully saturated rings. The lowest BCUT2D eigenvalue weighted by atomic mass is 9.96. The Balaban J connectivity index is 1.63. The molecule has 2 heterocycles. The summed E-state index contributed by atoms with van der Waals surface area (Å²) >= 11 is 1.73. The Morgan fingerprint density at radius 1 is 1.32 bits per heavy atom. The lowest BCUT2D eigenvalue weighted by Crippen LogP contribution is -2.43. The SMILES string of the molecule is CSc1cccc(CN(C)C(=O)[C@@H]2CCCN(c3ccccn3)C2)c1. The van der Waals surface area contributed by atoms with Crippen molar-refractivity contribution in [2.75, 3.05) is 31.3 Å². The lowest BCUT2D eigenvalue weighted by Gasteiger charge is -2.34. The standard InChI is InChI=1S/C20H25N3OS/c1-22(14-16-7-5-9-18(13-16)25-2)20(24)17-8-6-12-23(15-17)19-10-3-4-11-21-19/h3-5,7,9-11,13,17H,6,8,12,14-15H2,1-2H3/t17-/m1/s1. The van der Waals surface area contributed by atoms with Crippen LogP contribution in [0.4, 0.5) is 5.82 Å². The average Bonchev–Trinajstić information content (AvgIpc) is 2.68. The van der Waals surface area contributed by atoms with Crippen LogP contribution in [0.5, 0.6) is 0 Å². The molecule has 5 heteroatoms. The van der Waals surface area contributed by atoms with Crippen molar-refractivity contribution in [1.29, 1.82) is 0 Å². The first-order valence-corrected chi connectivity index (χ1v) is 9.93. The van der Waals surface area contributed by atoms with Crippen molar-refractivity contribution < 1.29 is 4.79 Å². The predicted octanol–water partition coefficient (Wildman–Crippen LogP) is 3.68. The maximum atomic E-state index is 12.9. The van der Waals surface area contributed by atoms with E-state index >= 15 is 0 Å². The quantitative estimate of drug-likeness (QED) is 0.767. The normalized spacial score (nSPS) is 17.4. The number of piperidine rings is 1. The van der Waals surface area contributed by atoms with Crippen LogP contribution in [0.25, 0.3) is 0 Å². The summed E-state index contributed by atoms with van der Waals surface area (Å²) in [6.45, 7) is 2.39. The van der Waals surface area contributed by atoms with E-state index in [9.17, 15) is 4.79 Å². The topological polar surface area (TPSA) is 36.4 Å². The van der Waals surface area contributed by atoms with Crippen molar-refractivity contribution in [2.45, 2.75) is 24.3 Å². The van der Waals surface area contributed by atoms with Gasteiger partial charge in [0.05, 0.1) is 5.92 Å². The highest BCUT2D eigenvalue weighted by molar-refractivity contribution is 7.98. The second-order valence-corrected chi connectivity index (χ2v) is 7.40. The Morgan fingerprint density at radius 3 is 2.96 bits per heavy atom. The number of amides is 1. The number of carbonyl (C=O) groups is 1. The molecule has 0 saturated carbocycles. The van der Waals surface area contributed by atoms with Crippen LogP contribution >= 0.6 is 11.8 Å². The van der Waals surface area contributed by atoms with Gasteiger partial charge in [0.25, 0.3) is 0 Å². The molecule has 25 heavy (non-hydrogen) atoms. The van der Waals surface area contributed by atoms with E-state index in [1.54, 1.807) is 11.8 Å². The van der Waals surface area contributed by atoms with Crippen LogP contribution in [-0.2, 0) is 11.3 Å². The van der Waals surface area contributed by atoms with Crippen LogP contribution < -0.4 is 4.90 Å². The van der Waals surface area contributed by atoms with Crippen molar-refractivity contribution in [3.8, 4) is 0 Å². The number of rotatable bonds is 5. The summed E-state index contributed by atoms with van der Waals surface area (Å²) in [6.07, 6.45) is 5.87. The summed E-state index contributed by atoms with van der Waals surface area (Å²) in [6, 6.07) is 14.3. The third-order valence-corrected chi connectivity index (χ3v) is 5.40. The molecule has 0 N–H and O–H groups in total. The first-order chi connectivity index (χ1) is 12.2. The number of thioether (sulfide) groups is 1. The minimum atomic E-state index is 0.0458. The molecule has 0 bridgehead atoms. The smallest absolute Gasteiger partial charge is 0.227 e. The van der Waals surface area contributed by atoms with Crippen LogP contribution in [-0.4, -0.2) is 42.2 Å². The Hall–Kier alpha value is -2.01. The molecular weight excluding hydrogens is 330 g/mol. The highest BCUT2D eigenvalue weighted by Crippen LogP contribution is 2.23. The van der Waals surface area contributed by atoms with Gasteiger partial charge >= 0.3 is 0 Å². The van der Waals surface area contributed by atoms with E-state index in [4.69, 9.17) is 0 Å². The molecule has 1 aliphatic heterocycles. The van der Waals surface area contributed by atoms with Gasteiger partial charge in [0.2, 0.25) is 5.91 Å². The predicted molar refractivity (Wildman–Crippen MR) is 104 cm³/mol. The van der Waals surface area contributed by atoms with Gasteiger partial charge in [-0.1, -0.05) is 18.2 Å². The van der Waals surface area contributed by atoms with Crippen molar-refractivity contribution in [3.05, 3.63) is 54.2 Å². The lowest BCUT2D eigenvalue weighted by molar-refractivity contribution is -0.135. The largest absolute Gasteiger partial charge is 0.356 e. The molecule has 0 spiro atoms. The van der Waals surface area contributed by atoms with E-state index in [0.29, 0.717) is 6.54 Å². The molecule has 1 aliphatic rings. The molecule has 1 amide bonds. The summed E-state index contributed by atoms with van der Waals surface area (Å²) in [7, 11) is 1.91. The molecule has 3 rings (SSSR count). The zero-order valence-electron chi connectivity index (χ0n) is 14.9. The number of hydrogen-bond acceptors (Lipinski definition) is 4. The Bertz CT molecular complexity index is 707. The molecule has 132 valence electrons. The van der Waals surface area contributed by atoms with E-state index in [0.717, 1.165) is 31.7 Å². The summed E-state index contributed by atoms with van der Waals surface area (Å²) in [5.41, 5.74) is 1.18. The van der Waals surface area contributed by atoms with Gasteiger partial charge in [-0.3, -0.25) is 4.79 Å². The van der Waals surface area contributed by atoms with Gasteiger partial charge in [0.1, 0.15) is 5.82 Å². The summed E-state index contributed by atoms with van der Waals surface area (Å²) in [4.78, 5) is 22.7. The molecule has 0 radical (unpaired) electrons. The summed E-state index contributed by atoms with van der Waals surface area (Å²) in [5, 5.41) is 0. The van der Waals surface area contributed by atoms with Crippen LogP contribution in [0.3, 0.4) is 0 Å². The minimum absolute atomic E-state index is 0.0458. The number of aromatic nitrogens is 1. The molecule has 2 aromatic rings. The number of hydrogen-bond donors (Lipinski definition) is 0. The maximum Gasteiger partial charge on any atom is 0.227 e. The van der Waals surface area contributed by atoms with E-state index in [1.165, 1.54) is 10.5 Å². The third kappa shape index (κ3) is 4.54. The number of anilines is 1. The van der Waals surface area contributed by atoms with Crippen molar-refractivity contribution in [1.82, 2.24) is 9.88 Å². The number of carbonyl (C=O) groups excluding carboxylic acids is 1. The second-order valence-electron chi connectivity index (χ2n) is 6.52. The maximum absolute atomic E-state index is 12.9. The molecular formula is C20H25N3OS. The molecule has 1 atom stereocenters. The zero-order chi connectivity index (χ0) is 17.6. The van der Waals surface area contributed by atoms with Gasteiger partial charge in [-0.05, 0) is 48.9 Å². The fourth-order valence-electron chi connectivity index (χ4n) is 3.36. The van der Waals surface area contributed by atoms with Gasteiger partial charge in [-0.25, -0.2) is 4.98 Å². The average molecular weight is 356 g/mol. The van der Waals surface area contributed by atoms with Gasteiger partial charge in [-0.15, -0.1) is 11.8 Å². The fourth-order valence-corrected chi connectivity index (χ4v) is 3.85. The van der Waals surface area contributed by atoms with E-state index in [2.05, 4.69) is 40.4 Å². The Labute approximate surface area is 154 Å². The van der Waals surface area contributed by atoms with E-state index < -0.39 is 0 Å². The van der Waals surface area contributed by atoms with Crippen LogP contribution in [0.15, 0.2) is 53.6 Å². The van der Waals surface area contributed by atoms with Gasteiger partial charge in [0.15, 0.2) is 0 Å². The Morgan fingerprint density at radius 2 is 2.20 bits per heavy atom. The van der Waals surface area contributed by atoms with Crippen molar-refractivity contribution >= 4 is 23.5 Å². The van der Waals surface area contributed by atoms with Gasteiger partial charge in [0, 0.05) is 37.8 Å². The minimum Gasteiger partial charge on any atom is -0.356 e. The fraction of sp³-hybridized carbons (Fsp3) is 0.400. The summed E-state index contributed by atoms with van der Waals surface area (Å²) < 4.78 is 0. The molecule has 1 aromatic carbocycles. The molecule has 4 nitrogen and oxygen atoms in total. The first kappa shape index (κ1) is 17.8. The van der Waals surface area contributed by atoms with Gasteiger partial charge in [-0.2, -0.15) is 0 Å². The van der Waals surface area contributed by atoms with E-state index in [1.807, 2.05) is 36.3 Å². The van der Waals surface area contributed by atoms with Crippen LogP contribution in [0, 0.1) is 5.92 Å². The van der Waals surface area contributed by atoms with Crippen LogP contribution in [0.1, 0.15) is 18.4 Å². The zero-order valence-corrected chi connectivity index (χ0v) is 15.7.